The topological polar surface area (TPSA) is 67.2 Å². The largest absolute Gasteiger partial charge is 0.364 e. The van der Waals surface area contributed by atoms with Gasteiger partial charge in [0.05, 0.1) is 5.69 Å². The van der Waals surface area contributed by atoms with Gasteiger partial charge >= 0.3 is 0 Å². The minimum atomic E-state index is 0.0696. The van der Waals surface area contributed by atoms with E-state index in [1.54, 1.807) is 6.07 Å². The van der Waals surface area contributed by atoms with Crippen molar-refractivity contribution in [2.24, 2.45) is 0 Å². The van der Waals surface area contributed by atoms with Crippen molar-refractivity contribution in [3.05, 3.63) is 18.0 Å². The van der Waals surface area contributed by atoms with Crippen LogP contribution in [0.5, 0.6) is 0 Å². The van der Waals surface area contributed by atoms with E-state index in [-0.39, 0.29) is 5.91 Å². The fraction of sp³-hybridized carbons (Fsp3) is 0.556. The van der Waals surface area contributed by atoms with Crippen LogP contribution in [-0.4, -0.2) is 24.2 Å². The van der Waals surface area contributed by atoms with E-state index in [1.165, 1.54) is 6.26 Å². The Morgan fingerprint density at radius 1 is 1.64 bits per heavy atom. The van der Waals surface area contributed by atoms with Crippen LogP contribution in [0.15, 0.2) is 16.9 Å². The number of nitrogens with zero attached hydrogens (tertiary/aromatic N) is 1. The highest BCUT2D eigenvalue weighted by atomic mass is 16.5. The van der Waals surface area contributed by atoms with Crippen molar-refractivity contribution in [2.45, 2.75) is 19.9 Å². The van der Waals surface area contributed by atoms with Crippen LogP contribution in [0, 0.1) is 0 Å². The molecule has 0 bridgehead atoms. The highest BCUT2D eigenvalue weighted by molar-refractivity contribution is 5.75. The number of aromatic nitrogens is 1. The van der Waals surface area contributed by atoms with Crippen molar-refractivity contribution in [1.82, 2.24) is 15.8 Å². The van der Waals surface area contributed by atoms with E-state index in [1.807, 2.05) is 6.92 Å². The lowest BCUT2D eigenvalue weighted by Crippen LogP contribution is -2.27. The molecular weight excluding hydrogens is 182 g/mol. The number of carbonyl (C=O) groups is 1. The molecule has 14 heavy (non-hydrogen) atoms. The third-order valence-corrected chi connectivity index (χ3v) is 1.70. The molecule has 0 unspecified atom stereocenters. The third-order valence-electron chi connectivity index (χ3n) is 1.70. The van der Waals surface area contributed by atoms with Crippen molar-refractivity contribution in [2.75, 3.05) is 13.1 Å². The summed E-state index contributed by atoms with van der Waals surface area (Å²) in [6, 6.07) is 1.79. The van der Waals surface area contributed by atoms with Crippen molar-refractivity contribution in [3.8, 4) is 0 Å². The Morgan fingerprint density at radius 2 is 2.50 bits per heavy atom. The maximum absolute atomic E-state index is 11.0. The molecule has 1 aromatic heterocycles. The van der Waals surface area contributed by atoms with Crippen molar-refractivity contribution in [3.63, 3.8) is 0 Å². The number of rotatable bonds is 6. The van der Waals surface area contributed by atoms with Gasteiger partial charge in [0, 0.05) is 32.1 Å². The molecule has 5 nitrogen and oxygen atoms in total. The molecule has 0 radical (unpaired) electrons. The molecule has 0 saturated carbocycles. The zero-order chi connectivity index (χ0) is 10.2. The Bertz CT molecular complexity index is 259. The van der Waals surface area contributed by atoms with E-state index < -0.39 is 0 Å². The molecular formula is C9H15N3O2. The summed E-state index contributed by atoms with van der Waals surface area (Å²) < 4.78 is 4.66. The van der Waals surface area contributed by atoms with Gasteiger partial charge in [0.1, 0.15) is 6.26 Å². The molecule has 2 N–H and O–H groups in total. The van der Waals surface area contributed by atoms with Crippen LogP contribution >= 0.6 is 0 Å². The smallest absolute Gasteiger partial charge is 0.221 e. The first-order valence-electron chi connectivity index (χ1n) is 4.69. The number of hydrogen-bond acceptors (Lipinski definition) is 4. The predicted molar refractivity (Wildman–Crippen MR) is 51.5 cm³/mol. The third kappa shape index (κ3) is 4.04. The molecule has 1 heterocycles. The maximum Gasteiger partial charge on any atom is 0.221 e. The second-order valence-corrected chi connectivity index (χ2v) is 2.87. The summed E-state index contributed by atoms with van der Waals surface area (Å²) in [5, 5.41) is 9.55. The van der Waals surface area contributed by atoms with Crippen LogP contribution in [-0.2, 0) is 11.3 Å². The first-order chi connectivity index (χ1) is 6.83. The van der Waals surface area contributed by atoms with Gasteiger partial charge in [-0.1, -0.05) is 5.16 Å². The molecule has 0 atom stereocenters. The fourth-order valence-electron chi connectivity index (χ4n) is 1.03. The van der Waals surface area contributed by atoms with Gasteiger partial charge in [-0.05, 0) is 6.92 Å². The van der Waals surface area contributed by atoms with E-state index in [4.69, 9.17) is 0 Å². The molecule has 0 spiro atoms. The number of hydrogen-bond donors (Lipinski definition) is 2. The highest BCUT2D eigenvalue weighted by Gasteiger charge is 1.99. The molecule has 0 aliphatic heterocycles. The van der Waals surface area contributed by atoms with Crippen molar-refractivity contribution >= 4 is 5.91 Å². The molecule has 1 amide bonds. The van der Waals surface area contributed by atoms with Gasteiger partial charge in [-0.3, -0.25) is 4.79 Å². The van der Waals surface area contributed by atoms with E-state index in [9.17, 15) is 4.79 Å². The van der Waals surface area contributed by atoms with Crippen LogP contribution in [0.25, 0.3) is 0 Å². The summed E-state index contributed by atoms with van der Waals surface area (Å²) in [5.74, 6) is 0.0696. The van der Waals surface area contributed by atoms with E-state index in [2.05, 4.69) is 20.3 Å². The van der Waals surface area contributed by atoms with Gasteiger partial charge in [-0.15, -0.1) is 0 Å². The lowest BCUT2D eigenvalue weighted by Gasteiger charge is -2.02. The summed E-state index contributed by atoms with van der Waals surface area (Å²) >= 11 is 0. The number of nitrogens with one attached hydrogen (secondary N) is 2. The first kappa shape index (κ1) is 10.7. The predicted octanol–water partition coefficient (Wildman–Crippen LogP) is 0.290. The van der Waals surface area contributed by atoms with Crippen molar-refractivity contribution < 1.29 is 9.32 Å². The maximum atomic E-state index is 11.0. The van der Waals surface area contributed by atoms with Crippen molar-refractivity contribution in [1.29, 1.82) is 0 Å². The van der Waals surface area contributed by atoms with Gasteiger partial charge in [-0.25, -0.2) is 0 Å². The van der Waals surface area contributed by atoms with Gasteiger partial charge in [0.25, 0.3) is 0 Å². The zero-order valence-corrected chi connectivity index (χ0v) is 8.25. The highest BCUT2D eigenvalue weighted by Crippen LogP contribution is 1.92. The Morgan fingerprint density at radius 3 is 3.14 bits per heavy atom. The minimum Gasteiger partial charge on any atom is -0.364 e. The SMILES string of the molecule is CCNC(=O)CCNCc1ccon1. The van der Waals surface area contributed by atoms with Gasteiger partial charge in [-0.2, -0.15) is 0 Å². The molecule has 1 aromatic rings. The van der Waals surface area contributed by atoms with E-state index >= 15 is 0 Å². The molecule has 1 rings (SSSR count). The number of amides is 1. The average Bonchev–Trinajstić information content (AvgIpc) is 2.65. The molecule has 0 aliphatic carbocycles. The standard InChI is InChI=1S/C9H15N3O2/c1-2-11-9(13)3-5-10-7-8-4-6-14-12-8/h4,6,10H,2-3,5,7H2,1H3,(H,11,13). The Hall–Kier alpha value is -1.36. The van der Waals surface area contributed by atoms with Gasteiger partial charge in [0.15, 0.2) is 0 Å². The summed E-state index contributed by atoms with van der Waals surface area (Å²) in [6.45, 7) is 3.87. The first-order valence-corrected chi connectivity index (χ1v) is 4.69. The Kier molecular flexibility index (Phi) is 4.71. The molecule has 5 heteroatoms. The summed E-state index contributed by atoms with van der Waals surface area (Å²) in [5.41, 5.74) is 0.848. The molecule has 0 aliphatic rings. The second kappa shape index (κ2) is 6.15. The summed E-state index contributed by atoms with van der Waals surface area (Å²) in [7, 11) is 0. The minimum absolute atomic E-state index is 0.0696. The normalized spacial score (nSPS) is 10.1. The van der Waals surface area contributed by atoms with Crippen LogP contribution in [0.2, 0.25) is 0 Å². The summed E-state index contributed by atoms with van der Waals surface area (Å²) in [4.78, 5) is 11.0. The van der Waals surface area contributed by atoms with Crippen LogP contribution < -0.4 is 10.6 Å². The monoisotopic (exact) mass is 197 g/mol. The second-order valence-electron chi connectivity index (χ2n) is 2.87. The Balaban J connectivity index is 2.02. The molecule has 0 aromatic carbocycles. The Labute approximate surface area is 82.8 Å². The molecule has 0 saturated heterocycles. The van der Waals surface area contributed by atoms with Gasteiger partial charge in [0.2, 0.25) is 5.91 Å². The molecule has 78 valence electrons. The van der Waals surface area contributed by atoms with E-state index in [0.717, 1.165) is 5.69 Å². The van der Waals surface area contributed by atoms with Crippen LogP contribution in [0.1, 0.15) is 19.0 Å². The number of carbonyl (C=O) groups excluding carboxylic acids is 1. The van der Waals surface area contributed by atoms with Crippen LogP contribution in [0.3, 0.4) is 0 Å². The van der Waals surface area contributed by atoms with Gasteiger partial charge < -0.3 is 15.2 Å². The molecule has 0 fully saturated rings. The summed E-state index contributed by atoms with van der Waals surface area (Å²) in [6.07, 6.45) is 2.02. The fourth-order valence-corrected chi connectivity index (χ4v) is 1.03. The average molecular weight is 197 g/mol. The van der Waals surface area contributed by atoms with E-state index in [0.29, 0.717) is 26.1 Å². The lowest BCUT2D eigenvalue weighted by atomic mass is 10.3. The quantitative estimate of drug-likeness (QED) is 0.643. The van der Waals surface area contributed by atoms with Crippen LogP contribution in [0.4, 0.5) is 0 Å². The lowest BCUT2D eigenvalue weighted by molar-refractivity contribution is -0.120. The zero-order valence-electron chi connectivity index (χ0n) is 8.25.